The van der Waals surface area contributed by atoms with Crippen LogP contribution >= 0.6 is 7.82 Å². The molecule has 2 atom stereocenters. The predicted molar refractivity (Wildman–Crippen MR) is 282 cm³/mol. The first-order valence-corrected chi connectivity index (χ1v) is 29.3. The average Bonchev–Trinajstić information content (AvgIpc) is 3.29. The average molecular weight is 964 g/mol. The number of rotatable bonds is 51. The molecule has 0 aromatic carbocycles. The zero-order chi connectivity index (χ0) is 49.2. The van der Waals surface area contributed by atoms with Crippen LogP contribution in [0.15, 0.2) is 48.6 Å². The van der Waals surface area contributed by atoms with Gasteiger partial charge in [-0.25, -0.2) is 0 Å². The summed E-state index contributed by atoms with van der Waals surface area (Å²) in [7, 11) is 1.14. The van der Waals surface area contributed by atoms with Gasteiger partial charge in [0.1, 0.15) is 19.8 Å². The number of esters is 2. The van der Waals surface area contributed by atoms with Gasteiger partial charge in [0, 0.05) is 12.8 Å². The van der Waals surface area contributed by atoms with Crippen molar-refractivity contribution in [3.63, 3.8) is 0 Å². The molecule has 0 bridgehead atoms. The van der Waals surface area contributed by atoms with Gasteiger partial charge < -0.3 is 27.9 Å². The molecule has 67 heavy (non-hydrogen) atoms. The Labute approximate surface area is 414 Å². The fraction of sp³-hybridized carbons (Fsp3) is 0.825. The lowest BCUT2D eigenvalue weighted by atomic mass is 10.0. The number of phosphoric acid groups is 1. The summed E-state index contributed by atoms with van der Waals surface area (Å²) < 4.78 is 34.1. The molecule has 0 radical (unpaired) electrons. The highest BCUT2D eigenvalue weighted by Crippen LogP contribution is 2.38. The van der Waals surface area contributed by atoms with Crippen LogP contribution in [-0.2, 0) is 32.7 Å². The lowest BCUT2D eigenvalue weighted by Gasteiger charge is -2.28. The van der Waals surface area contributed by atoms with Gasteiger partial charge in [-0.2, -0.15) is 0 Å². The molecule has 0 saturated heterocycles. The van der Waals surface area contributed by atoms with E-state index in [4.69, 9.17) is 18.5 Å². The van der Waals surface area contributed by atoms with Crippen LogP contribution in [0.5, 0.6) is 0 Å². The van der Waals surface area contributed by atoms with Gasteiger partial charge >= 0.3 is 11.9 Å². The van der Waals surface area contributed by atoms with Crippen molar-refractivity contribution in [3.05, 3.63) is 48.6 Å². The Balaban J connectivity index is 4.27. The molecule has 0 rings (SSSR count). The smallest absolute Gasteiger partial charge is 0.306 e. The van der Waals surface area contributed by atoms with Crippen LogP contribution in [0.4, 0.5) is 0 Å². The molecular formula is C57H106NO8P. The fourth-order valence-electron chi connectivity index (χ4n) is 7.77. The summed E-state index contributed by atoms with van der Waals surface area (Å²) in [5.41, 5.74) is 0. The number of unbranched alkanes of at least 4 members (excludes halogenated alkanes) is 29. The number of allylic oxidation sites excluding steroid dienone is 8. The Kier molecular flexibility index (Phi) is 47.5. The van der Waals surface area contributed by atoms with Gasteiger partial charge in [-0.1, -0.05) is 236 Å². The number of hydrogen-bond acceptors (Lipinski definition) is 8. The van der Waals surface area contributed by atoms with Gasteiger partial charge in [-0.15, -0.1) is 0 Å². The first kappa shape index (κ1) is 65.0. The molecule has 0 aliphatic rings. The third-order valence-corrected chi connectivity index (χ3v) is 13.1. The Morgan fingerprint density at radius 2 is 0.821 bits per heavy atom. The van der Waals surface area contributed by atoms with E-state index in [9.17, 15) is 19.0 Å². The zero-order valence-electron chi connectivity index (χ0n) is 44.3. The number of quaternary nitrogens is 1. The van der Waals surface area contributed by atoms with Crippen LogP contribution in [0.1, 0.15) is 251 Å². The Morgan fingerprint density at radius 1 is 0.463 bits per heavy atom. The molecular weight excluding hydrogens is 858 g/mol. The second-order valence-electron chi connectivity index (χ2n) is 20.0. The molecule has 392 valence electrons. The number of ether oxygens (including phenoxy) is 2. The Bertz CT molecular complexity index is 1270. The summed E-state index contributed by atoms with van der Waals surface area (Å²) in [6.07, 6.45) is 60.2. The van der Waals surface area contributed by atoms with Crippen molar-refractivity contribution in [1.29, 1.82) is 0 Å². The van der Waals surface area contributed by atoms with E-state index in [1.165, 1.54) is 167 Å². The molecule has 0 saturated carbocycles. The second-order valence-corrected chi connectivity index (χ2v) is 21.4. The molecule has 0 N–H and O–H groups in total. The third-order valence-electron chi connectivity index (χ3n) is 12.1. The van der Waals surface area contributed by atoms with Gasteiger partial charge in [0.25, 0.3) is 7.82 Å². The lowest BCUT2D eigenvalue weighted by molar-refractivity contribution is -0.870. The van der Waals surface area contributed by atoms with E-state index in [1.54, 1.807) is 0 Å². The molecule has 0 aromatic rings. The van der Waals surface area contributed by atoms with Gasteiger partial charge in [-0.05, 0) is 51.4 Å². The third kappa shape index (κ3) is 53.2. The first-order valence-electron chi connectivity index (χ1n) is 27.8. The molecule has 0 amide bonds. The van der Waals surface area contributed by atoms with Crippen molar-refractivity contribution in [2.24, 2.45) is 0 Å². The number of nitrogens with zero attached hydrogens (tertiary/aromatic N) is 1. The standard InChI is InChI=1S/C57H106NO8P/c1-6-8-10-12-14-16-18-20-22-24-26-28-30-32-34-36-38-40-42-44-46-48-50-57(60)66-55(54-65-67(61,62)64-52-51-58(3,4)5)53-63-56(59)49-47-45-43-41-39-37-35-33-31-29-27-25-23-21-19-17-15-13-11-9-7-2/h23,25,29,31,35,37,41,43,55H,6-22,24,26-28,30,32-34,36,38-40,42,44-54H2,1-5H3/b25-23+,31-29+,37-35+,43-41+/t55-/m1/s1. The zero-order valence-corrected chi connectivity index (χ0v) is 45.2. The van der Waals surface area contributed by atoms with Gasteiger partial charge in [-0.3, -0.25) is 14.2 Å². The Morgan fingerprint density at radius 3 is 1.24 bits per heavy atom. The fourth-order valence-corrected chi connectivity index (χ4v) is 8.50. The van der Waals surface area contributed by atoms with E-state index in [0.29, 0.717) is 23.9 Å². The quantitative estimate of drug-likeness (QED) is 0.0195. The monoisotopic (exact) mass is 964 g/mol. The summed E-state index contributed by atoms with van der Waals surface area (Å²) in [5, 5.41) is 0. The van der Waals surface area contributed by atoms with Gasteiger partial charge in [0.15, 0.2) is 6.10 Å². The number of likely N-dealkylation sites (N-methyl/N-ethyl adjacent to an activating group) is 1. The molecule has 0 heterocycles. The van der Waals surface area contributed by atoms with Crippen molar-refractivity contribution in [2.75, 3.05) is 47.5 Å². The van der Waals surface area contributed by atoms with Crippen LogP contribution < -0.4 is 4.89 Å². The van der Waals surface area contributed by atoms with Crippen LogP contribution in [0.25, 0.3) is 0 Å². The van der Waals surface area contributed by atoms with Crippen molar-refractivity contribution in [2.45, 2.75) is 258 Å². The second kappa shape index (κ2) is 49.0. The van der Waals surface area contributed by atoms with Crippen LogP contribution in [-0.4, -0.2) is 70.0 Å². The summed E-state index contributed by atoms with van der Waals surface area (Å²) >= 11 is 0. The molecule has 0 aliphatic heterocycles. The number of carbonyl (C=O) groups is 2. The molecule has 0 aromatic heterocycles. The SMILES string of the molecule is CCCCCCCCC/C=C/C/C=C/C/C=C/C/C=C/CCCC(=O)OC[C@H](COP(=O)([O-])OCC[N+](C)(C)C)OC(=O)CCCCCCCCCCCCCCCCCCCCCCCC. The van der Waals surface area contributed by atoms with Crippen molar-refractivity contribution >= 4 is 19.8 Å². The summed E-state index contributed by atoms with van der Waals surface area (Å²) in [5.74, 6) is -0.890. The summed E-state index contributed by atoms with van der Waals surface area (Å²) in [6, 6.07) is 0. The number of hydrogen-bond donors (Lipinski definition) is 0. The van der Waals surface area contributed by atoms with Gasteiger partial charge in [0.05, 0.1) is 27.7 Å². The molecule has 9 nitrogen and oxygen atoms in total. The minimum atomic E-state index is -4.64. The van der Waals surface area contributed by atoms with E-state index in [0.717, 1.165) is 44.9 Å². The highest BCUT2D eigenvalue weighted by Gasteiger charge is 2.21. The molecule has 0 aliphatic carbocycles. The maximum atomic E-state index is 12.8. The Hall–Kier alpha value is -2.03. The van der Waals surface area contributed by atoms with E-state index in [-0.39, 0.29) is 26.1 Å². The largest absolute Gasteiger partial charge is 0.756 e. The first-order chi connectivity index (χ1) is 32.5. The topological polar surface area (TPSA) is 111 Å². The normalized spacial score (nSPS) is 13.7. The minimum Gasteiger partial charge on any atom is -0.756 e. The number of carbonyl (C=O) groups excluding carboxylic acids is 2. The van der Waals surface area contributed by atoms with Crippen LogP contribution in [0.2, 0.25) is 0 Å². The molecule has 0 spiro atoms. The molecule has 10 heteroatoms. The van der Waals surface area contributed by atoms with Crippen molar-refractivity contribution in [3.8, 4) is 0 Å². The highest BCUT2D eigenvalue weighted by atomic mass is 31.2. The van der Waals surface area contributed by atoms with E-state index in [2.05, 4.69) is 62.5 Å². The van der Waals surface area contributed by atoms with E-state index < -0.39 is 32.5 Å². The summed E-state index contributed by atoms with van der Waals surface area (Å²) in [4.78, 5) is 37.8. The lowest BCUT2D eigenvalue weighted by Crippen LogP contribution is -2.37. The molecule has 0 fully saturated rings. The van der Waals surface area contributed by atoms with E-state index >= 15 is 0 Å². The van der Waals surface area contributed by atoms with Crippen molar-refractivity contribution in [1.82, 2.24) is 0 Å². The molecule has 1 unspecified atom stereocenters. The van der Waals surface area contributed by atoms with E-state index in [1.807, 2.05) is 21.1 Å². The summed E-state index contributed by atoms with van der Waals surface area (Å²) in [6.45, 7) is 4.20. The predicted octanol–water partition coefficient (Wildman–Crippen LogP) is 16.3. The maximum Gasteiger partial charge on any atom is 0.306 e. The highest BCUT2D eigenvalue weighted by molar-refractivity contribution is 7.45. The van der Waals surface area contributed by atoms with Crippen molar-refractivity contribution < 1.29 is 42.1 Å². The minimum absolute atomic E-state index is 0.0389. The van der Waals surface area contributed by atoms with Crippen LogP contribution in [0, 0.1) is 0 Å². The maximum absolute atomic E-state index is 12.8. The number of phosphoric ester groups is 1. The van der Waals surface area contributed by atoms with Gasteiger partial charge in [0.2, 0.25) is 0 Å². The van der Waals surface area contributed by atoms with Crippen LogP contribution in [0.3, 0.4) is 0 Å².